The SMILES string of the molecule is [CH2]C(CCC/C=C\CCCCC)CCC/C=C\CCCCCCCCCCCCCCC. The van der Waals surface area contributed by atoms with Crippen LogP contribution in [-0.2, 0) is 0 Å². The summed E-state index contributed by atoms with van der Waals surface area (Å²) in [6, 6.07) is 0. The summed E-state index contributed by atoms with van der Waals surface area (Å²) in [6.45, 7) is 8.93. The van der Waals surface area contributed by atoms with Crippen LogP contribution < -0.4 is 0 Å². The van der Waals surface area contributed by atoms with Gasteiger partial charge in [-0.1, -0.05) is 148 Å². The molecule has 0 aromatic carbocycles. The molecule has 0 aliphatic carbocycles. The highest BCUT2D eigenvalue weighted by Gasteiger charge is 2.00. The first-order chi connectivity index (χ1) is 15.8. The van der Waals surface area contributed by atoms with Gasteiger partial charge in [0.05, 0.1) is 0 Å². The van der Waals surface area contributed by atoms with Crippen LogP contribution in [0.15, 0.2) is 24.3 Å². The van der Waals surface area contributed by atoms with E-state index in [0.717, 1.165) is 0 Å². The number of unbranched alkanes of at least 4 members (excludes halogenated alkanes) is 18. The molecule has 0 saturated heterocycles. The fourth-order valence-electron chi connectivity index (χ4n) is 4.46. The first-order valence-corrected chi connectivity index (χ1v) is 14.9. The molecule has 0 bridgehead atoms. The zero-order valence-corrected chi connectivity index (χ0v) is 22.6. The van der Waals surface area contributed by atoms with Gasteiger partial charge in [0.25, 0.3) is 0 Å². The van der Waals surface area contributed by atoms with Crippen molar-refractivity contribution in [1.29, 1.82) is 0 Å². The second kappa shape index (κ2) is 28.5. The molecule has 189 valence electrons. The van der Waals surface area contributed by atoms with Crippen LogP contribution in [0.25, 0.3) is 0 Å². The predicted molar refractivity (Wildman–Crippen MR) is 149 cm³/mol. The van der Waals surface area contributed by atoms with Crippen molar-refractivity contribution in [2.75, 3.05) is 0 Å². The molecule has 1 radical (unpaired) electrons. The van der Waals surface area contributed by atoms with Crippen LogP contribution in [0.3, 0.4) is 0 Å². The maximum atomic E-state index is 4.36. The van der Waals surface area contributed by atoms with Crippen molar-refractivity contribution < 1.29 is 0 Å². The average Bonchev–Trinajstić information content (AvgIpc) is 2.80. The number of rotatable bonds is 26. The summed E-state index contributed by atoms with van der Waals surface area (Å²) in [5.74, 6) is 0.651. The molecule has 0 spiro atoms. The van der Waals surface area contributed by atoms with Crippen LogP contribution in [0.1, 0.15) is 168 Å². The molecular formula is C32H61. The van der Waals surface area contributed by atoms with Gasteiger partial charge in [-0.2, -0.15) is 0 Å². The zero-order chi connectivity index (χ0) is 23.4. The Morgan fingerprint density at radius 3 is 1.09 bits per heavy atom. The van der Waals surface area contributed by atoms with Gasteiger partial charge in [0.2, 0.25) is 0 Å². The summed E-state index contributed by atoms with van der Waals surface area (Å²) in [5.41, 5.74) is 0. The van der Waals surface area contributed by atoms with Crippen molar-refractivity contribution in [3.63, 3.8) is 0 Å². The minimum absolute atomic E-state index is 0.651. The molecule has 0 aliphatic heterocycles. The highest BCUT2D eigenvalue weighted by Crippen LogP contribution is 2.16. The van der Waals surface area contributed by atoms with Gasteiger partial charge in [0.15, 0.2) is 0 Å². The first kappa shape index (κ1) is 31.5. The van der Waals surface area contributed by atoms with Gasteiger partial charge in [-0.25, -0.2) is 0 Å². The lowest BCUT2D eigenvalue weighted by atomic mass is 9.97. The Labute approximate surface area is 205 Å². The zero-order valence-electron chi connectivity index (χ0n) is 22.6. The van der Waals surface area contributed by atoms with Gasteiger partial charge < -0.3 is 0 Å². The molecule has 0 aromatic rings. The average molecular weight is 446 g/mol. The van der Waals surface area contributed by atoms with Crippen molar-refractivity contribution in [3.8, 4) is 0 Å². The Morgan fingerprint density at radius 1 is 0.406 bits per heavy atom. The lowest BCUT2D eigenvalue weighted by molar-refractivity contribution is 0.505. The Morgan fingerprint density at radius 2 is 0.688 bits per heavy atom. The maximum absolute atomic E-state index is 4.36. The minimum Gasteiger partial charge on any atom is -0.0885 e. The third kappa shape index (κ3) is 27.5. The first-order valence-electron chi connectivity index (χ1n) is 14.9. The number of allylic oxidation sites excluding steroid dienone is 4. The third-order valence-corrected chi connectivity index (χ3v) is 6.75. The minimum atomic E-state index is 0.651. The number of hydrogen-bond acceptors (Lipinski definition) is 0. The topological polar surface area (TPSA) is 0 Å². The lowest BCUT2D eigenvalue weighted by Crippen LogP contribution is -1.94. The van der Waals surface area contributed by atoms with Gasteiger partial charge >= 0.3 is 0 Å². The molecule has 1 unspecified atom stereocenters. The largest absolute Gasteiger partial charge is 0.0885 e. The van der Waals surface area contributed by atoms with E-state index in [2.05, 4.69) is 45.1 Å². The van der Waals surface area contributed by atoms with Gasteiger partial charge in [-0.15, -0.1) is 0 Å². The summed E-state index contributed by atoms with van der Waals surface area (Å²) >= 11 is 0. The molecule has 0 amide bonds. The quantitative estimate of drug-likeness (QED) is 0.0916. The fourth-order valence-corrected chi connectivity index (χ4v) is 4.46. The second-order valence-corrected chi connectivity index (χ2v) is 10.2. The second-order valence-electron chi connectivity index (χ2n) is 10.2. The number of hydrogen-bond donors (Lipinski definition) is 0. The smallest absolute Gasteiger partial charge is 0.0351 e. The van der Waals surface area contributed by atoms with E-state index in [1.807, 2.05) is 0 Å². The molecule has 0 nitrogen and oxygen atoms in total. The van der Waals surface area contributed by atoms with Crippen LogP contribution in [0.2, 0.25) is 0 Å². The maximum Gasteiger partial charge on any atom is -0.0351 e. The van der Waals surface area contributed by atoms with Crippen LogP contribution >= 0.6 is 0 Å². The molecule has 0 heteroatoms. The van der Waals surface area contributed by atoms with Crippen molar-refractivity contribution in [1.82, 2.24) is 0 Å². The molecule has 0 saturated carbocycles. The Kier molecular flexibility index (Phi) is 28.0. The lowest BCUT2D eigenvalue weighted by Gasteiger charge is -2.09. The van der Waals surface area contributed by atoms with Crippen LogP contribution in [0.4, 0.5) is 0 Å². The summed E-state index contributed by atoms with van der Waals surface area (Å²) < 4.78 is 0. The third-order valence-electron chi connectivity index (χ3n) is 6.75. The van der Waals surface area contributed by atoms with E-state index in [0.29, 0.717) is 5.92 Å². The van der Waals surface area contributed by atoms with E-state index in [1.54, 1.807) is 0 Å². The summed E-state index contributed by atoms with van der Waals surface area (Å²) in [5, 5.41) is 0. The van der Waals surface area contributed by atoms with E-state index in [4.69, 9.17) is 0 Å². The van der Waals surface area contributed by atoms with E-state index in [9.17, 15) is 0 Å². The van der Waals surface area contributed by atoms with Crippen LogP contribution in [0, 0.1) is 12.8 Å². The monoisotopic (exact) mass is 445 g/mol. The van der Waals surface area contributed by atoms with Gasteiger partial charge in [0, 0.05) is 0 Å². The van der Waals surface area contributed by atoms with Crippen LogP contribution in [-0.4, -0.2) is 0 Å². The molecular weight excluding hydrogens is 384 g/mol. The highest BCUT2D eigenvalue weighted by atomic mass is 14.1. The normalized spacial score (nSPS) is 13.0. The van der Waals surface area contributed by atoms with Gasteiger partial charge in [0.1, 0.15) is 0 Å². The summed E-state index contributed by atoms with van der Waals surface area (Å²) in [4.78, 5) is 0. The van der Waals surface area contributed by atoms with Gasteiger partial charge in [-0.05, 0) is 57.3 Å². The van der Waals surface area contributed by atoms with E-state index in [-0.39, 0.29) is 0 Å². The molecule has 0 aliphatic rings. The molecule has 0 rings (SSSR count). The van der Waals surface area contributed by atoms with Crippen molar-refractivity contribution in [3.05, 3.63) is 31.2 Å². The Hall–Kier alpha value is -0.520. The van der Waals surface area contributed by atoms with E-state index < -0.39 is 0 Å². The van der Waals surface area contributed by atoms with Crippen LogP contribution in [0.5, 0.6) is 0 Å². The summed E-state index contributed by atoms with van der Waals surface area (Å²) in [6.07, 6.45) is 42.7. The highest BCUT2D eigenvalue weighted by molar-refractivity contribution is 4.83. The Balaban J connectivity index is 3.24. The van der Waals surface area contributed by atoms with Crippen molar-refractivity contribution >= 4 is 0 Å². The molecule has 0 heterocycles. The van der Waals surface area contributed by atoms with Gasteiger partial charge in [-0.3, -0.25) is 0 Å². The molecule has 0 fully saturated rings. The van der Waals surface area contributed by atoms with E-state index >= 15 is 0 Å². The Bertz CT molecular complexity index is 377. The molecule has 32 heavy (non-hydrogen) atoms. The van der Waals surface area contributed by atoms with Crippen molar-refractivity contribution in [2.24, 2.45) is 5.92 Å². The predicted octanol–water partition coefficient (Wildman–Crippen LogP) is 12.0. The summed E-state index contributed by atoms with van der Waals surface area (Å²) in [7, 11) is 0. The molecule has 0 aromatic heterocycles. The molecule has 0 N–H and O–H groups in total. The van der Waals surface area contributed by atoms with E-state index in [1.165, 1.54) is 154 Å². The fraction of sp³-hybridized carbons (Fsp3) is 0.844. The standard InChI is InChI=1S/C32H61/c1-4-6-8-10-12-14-15-16-17-18-19-20-21-22-23-25-27-29-31-32(3)30-28-26-24-13-11-9-7-5-2/h13,23-25,32H,3-12,14-22,26-31H2,1-2H3/b24-13-,25-23-. The van der Waals surface area contributed by atoms with Crippen molar-refractivity contribution in [2.45, 2.75) is 168 Å². The molecule has 1 atom stereocenters.